The first-order valence-electron chi connectivity index (χ1n) is 5.50. The summed E-state index contributed by atoms with van der Waals surface area (Å²) in [6.45, 7) is 7.51. The fraction of sp³-hybridized carbons (Fsp3) is 0.700. The van der Waals surface area contributed by atoms with Crippen LogP contribution in [0, 0.1) is 5.92 Å². The zero-order valence-corrected chi connectivity index (χ0v) is 10.0. The summed E-state index contributed by atoms with van der Waals surface area (Å²) in [4.78, 5) is 11.9. The van der Waals surface area contributed by atoms with E-state index < -0.39 is 0 Å². The Labute approximate surface area is 95.6 Å². The molecule has 1 rings (SSSR count). The molecule has 1 aromatic heterocycles. The van der Waals surface area contributed by atoms with E-state index in [4.69, 9.17) is 10.5 Å². The molecule has 0 aliphatic heterocycles. The van der Waals surface area contributed by atoms with Gasteiger partial charge in [0.05, 0.1) is 6.61 Å². The maximum atomic E-state index is 5.54. The van der Waals surface area contributed by atoms with Crippen LogP contribution in [0.25, 0.3) is 0 Å². The number of hydrogen-bond acceptors (Lipinski definition) is 6. The first-order chi connectivity index (χ1) is 7.61. The van der Waals surface area contributed by atoms with Crippen LogP contribution in [0.2, 0.25) is 0 Å². The molecule has 90 valence electrons. The molecule has 0 radical (unpaired) electrons. The molecule has 6 nitrogen and oxygen atoms in total. The van der Waals surface area contributed by atoms with E-state index in [2.05, 4.69) is 34.1 Å². The van der Waals surface area contributed by atoms with E-state index in [1.807, 2.05) is 6.92 Å². The summed E-state index contributed by atoms with van der Waals surface area (Å²) in [6.07, 6.45) is 1.05. The van der Waals surface area contributed by atoms with Crippen LogP contribution in [-0.2, 0) is 0 Å². The number of nitrogen functional groups attached to an aromatic ring is 1. The number of nitrogens with one attached hydrogen (secondary N) is 1. The van der Waals surface area contributed by atoms with Gasteiger partial charge in [0.15, 0.2) is 0 Å². The summed E-state index contributed by atoms with van der Waals surface area (Å²) >= 11 is 0. The minimum Gasteiger partial charge on any atom is -0.464 e. The Morgan fingerprint density at radius 1 is 1.31 bits per heavy atom. The molecule has 0 aromatic carbocycles. The summed E-state index contributed by atoms with van der Waals surface area (Å²) < 4.78 is 5.17. The maximum Gasteiger partial charge on any atom is 0.323 e. The van der Waals surface area contributed by atoms with Crippen LogP contribution in [0.4, 0.5) is 11.9 Å². The van der Waals surface area contributed by atoms with E-state index in [-0.39, 0.29) is 12.0 Å². The zero-order valence-electron chi connectivity index (χ0n) is 10.0. The van der Waals surface area contributed by atoms with E-state index in [9.17, 15) is 0 Å². The highest BCUT2D eigenvalue weighted by atomic mass is 16.5. The lowest BCUT2D eigenvalue weighted by Gasteiger charge is -2.08. The van der Waals surface area contributed by atoms with Crippen molar-refractivity contribution in [3.05, 3.63) is 0 Å². The van der Waals surface area contributed by atoms with Crippen molar-refractivity contribution in [3.63, 3.8) is 0 Å². The smallest absolute Gasteiger partial charge is 0.323 e. The number of aromatic nitrogens is 3. The van der Waals surface area contributed by atoms with Crippen LogP contribution >= 0.6 is 0 Å². The van der Waals surface area contributed by atoms with E-state index in [0.29, 0.717) is 18.5 Å². The minimum absolute atomic E-state index is 0.172. The monoisotopic (exact) mass is 225 g/mol. The summed E-state index contributed by atoms with van der Waals surface area (Å²) in [7, 11) is 0. The molecule has 0 saturated carbocycles. The van der Waals surface area contributed by atoms with Crippen LogP contribution in [0.5, 0.6) is 6.01 Å². The van der Waals surface area contributed by atoms with Gasteiger partial charge < -0.3 is 15.8 Å². The van der Waals surface area contributed by atoms with Gasteiger partial charge in [-0.05, 0) is 19.3 Å². The van der Waals surface area contributed by atoms with Gasteiger partial charge in [-0.25, -0.2) is 0 Å². The summed E-state index contributed by atoms with van der Waals surface area (Å²) in [5, 5.41) is 3.09. The predicted octanol–water partition coefficient (Wildman–Crippen LogP) is 1.31. The number of hydrogen-bond donors (Lipinski definition) is 2. The lowest BCUT2D eigenvalue weighted by atomic mass is 10.1. The van der Waals surface area contributed by atoms with Gasteiger partial charge in [0.2, 0.25) is 11.9 Å². The van der Waals surface area contributed by atoms with Crippen molar-refractivity contribution in [3.8, 4) is 6.01 Å². The number of rotatable bonds is 6. The fourth-order valence-corrected chi connectivity index (χ4v) is 1.12. The summed E-state index contributed by atoms with van der Waals surface area (Å²) in [5.41, 5.74) is 5.54. The Morgan fingerprint density at radius 3 is 2.69 bits per heavy atom. The van der Waals surface area contributed by atoms with Gasteiger partial charge in [-0.1, -0.05) is 13.8 Å². The van der Waals surface area contributed by atoms with Crippen molar-refractivity contribution >= 4 is 11.9 Å². The Kier molecular flexibility index (Phi) is 4.75. The number of ether oxygens (including phenoxy) is 1. The SMILES string of the molecule is CCOc1nc(N)nc(NCCC(C)C)n1. The minimum atomic E-state index is 0.172. The molecule has 0 aliphatic rings. The van der Waals surface area contributed by atoms with Gasteiger partial charge in [-0.15, -0.1) is 0 Å². The standard InChI is InChI=1S/C10H19N5O/c1-4-16-10-14-8(11)13-9(15-10)12-6-5-7(2)3/h7H,4-6H2,1-3H3,(H3,11,12,13,14,15). The van der Waals surface area contributed by atoms with Gasteiger partial charge in [0.25, 0.3) is 0 Å². The van der Waals surface area contributed by atoms with Crippen molar-refractivity contribution in [1.29, 1.82) is 0 Å². The van der Waals surface area contributed by atoms with Gasteiger partial charge >= 0.3 is 6.01 Å². The number of nitrogens with two attached hydrogens (primary N) is 1. The Morgan fingerprint density at radius 2 is 2.06 bits per heavy atom. The predicted molar refractivity (Wildman–Crippen MR) is 63.4 cm³/mol. The van der Waals surface area contributed by atoms with Crippen molar-refractivity contribution in [2.75, 3.05) is 24.2 Å². The average Bonchev–Trinajstić information content (AvgIpc) is 2.16. The summed E-state index contributed by atoms with van der Waals surface area (Å²) in [5.74, 6) is 1.28. The molecule has 16 heavy (non-hydrogen) atoms. The number of anilines is 2. The number of nitrogens with zero attached hydrogens (tertiary/aromatic N) is 3. The topological polar surface area (TPSA) is 86.0 Å². The Hall–Kier alpha value is -1.59. The second-order valence-corrected chi connectivity index (χ2v) is 3.84. The molecule has 1 aromatic rings. The lowest BCUT2D eigenvalue weighted by molar-refractivity contribution is 0.312. The third-order valence-electron chi connectivity index (χ3n) is 1.91. The quantitative estimate of drug-likeness (QED) is 0.759. The van der Waals surface area contributed by atoms with Crippen LogP contribution < -0.4 is 15.8 Å². The largest absolute Gasteiger partial charge is 0.464 e. The first-order valence-corrected chi connectivity index (χ1v) is 5.50. The van der Waals surface area contributed by atoms with Crippen LogP contribution in [-0.4, -0.2) is 28.1 Å². The molecule has 6 heteroatoms. The van der Waals surface area contributed by atoms with Crippen LogP contribution in [0.15, 0.2) is 0 Å². The molecule has 0 fully saturated rings. The van der Waals surface area contributed by atoms with E-state index in [0.717, 1.165) is 13.0 Å². The lowest BCUT2D eigenvalue weighted by Crippen LogP contribution is -2.11. The molecular formula is C10H19N5O. The molecule has 0 amide bonds. The molecule has 0 saturated heterocycles. The zero-order chi connectivity index (χ0) is 12.0. The highest BCUT2D eigenvalue weighted by Crippen LogP contribution is 2.09. The molecule has 0 unspecified atom stereocenters. The average molecular weight is 225 g/mol. The molecule has 0 atom stereocenters. The van der Waals surface area contributed by atoms with Gasteiger partial charge in [-0.3, -0.25) is 0 Å². The molecule has 3 N–H and O–H groups in total. The summed E-state index contributed by atoms with van der Waals surface area (Å²) in [6, 6.07) is 0.266. The van der Waals surface area contributed by atoms with Gasteiger partial charge in [0.1, 0.15) is 0 Å². The molecule has 1 heterocycles. The van der Waals surface area contributed by atoms with Gasteiger partial charge in [0, 0.05) is 6.54 Å². The second-order valence-electron chi connectivity index (χ2n) is 3.84. The van der Waals surface area contributed by atoms with Crippen LogP contribution in [0.1, 0.15) is 27.2 Å². The van der Waals surface area contributed by atoms with Crippen molar-refractivity contribution in [2.45, 2.75) is 27.2 Å². The van der Waals surface area contributed by atoms with Gasteiger partial charge in [-0.2, -0.15) is 15.0 Å². The highest BCUT2D eigenvalue weighted by Gasteiger charge is 2.04. The van der Waals surface area contributed by atoms with Crippen molar-refractivity contribution in [2.24, 2.45) is 5.92 Å². The van der Waals surface area contributed by atoms with E-state index in [1.54, 1.807) is 0 Å². The normalized spacial score (nSPS) is 10.5. The second kappa shape index (κ2) is 6.09. The molecule has 0 aliphatic carbocycles. The Bertz CT molecular complexity index is 329. The molecule has 0 bridgehead atoms. The van der Waals surface area contributed by atoms with Crippen LogP contribution in [0.3, 0.4) is 0 Å². The fourth-order valence-electron chi connectivity index (χ4n) is 1.12. The van der Waals surface area contributed by atoms with Crippen molar-refractivity contribution in [1.82, 2.24) is 15.0 Å². The molecular weight excluding hydrogens is 206 g/mol. The maximum absolute atomic E-state index is 5.54. The highest BCUT2D eigenvalue weighted by molar-refractivity contribution is 5.32. The molecule has 0 spiro atoms. The Balaban J connectivity index is 2.58. The van der Waals surface area contributed by atoms with E-state index in [1.165, 1.54) is 0 Å². The van der Waals surface area contributed by atoms with Crippen molar-refractivity contribution < 1.29 is 4.74 Å². The third-order valence-corrected chi connectivity index (χ3v) is 1.91. The van der Waals surface area contributed by atoms with E-state index >= 15 is 0 Å². The first kappa shape index (κ1) is 12.5. The third kappa shape index (κ3) is 4.29.